The predicted octanol–water partition coefficient (Wildman–Crippen LogP) is 1.10. The van der Waals surface area contributed by atoms with Crippen molar-refractivity contribution in [2.24, 2.45) is 5.10 Å². The molecule has 0 atom stereocenters. The first-order chi connectivity index (χ1) is 7.75. The standard InChI is InChI=1S/C11H10N4O/c1-8(16)15-13-7-9-6-12-10-4-2-3-5-11(10)14-9/h2-7H,1H3,(H,15,16). The van der Waals surface area contributed by atoms with Crippen molar-refractivity contribution in [3.05, 3.63) is 36.2 Å². The number of hydrogen-bond acceptors (Lipinski definition) is 4. The SMILES string of the molecule is CC(=O)NN=Cc1cnc2ccccc2n1. The number of fused-ring (bicyclic) bond motifs is 1. The van der Waals surface area contributed by atoms with Gasteiger partial charge in [-0.25, -0.2) is 10.4 Å². The molecule has 2 rings (SSSR count). The van der Waals surface area contributed by atoms with Crippen molar-refractivity contribution in [2.75, 3.05) is 0 Å². The zero-order valence-electron chi connectivity index (χ0n) is 8.71. The van der Waals surface area contributed by atoms with E-state index in [0.29, 0.717) is 5.69 Å². The van der Waals surface area contributed by atoms with E-state index in [1.807, 2.05) is 24.3 Å². The Morgan fingerprint density at radius 1 is 1.38 bits per heavy atom. The second-order valence-corrected chi connectivity index (χ2v) is 3.21. The summed E-state index contributed by atoms with van der Waals surface area (Å²) in [6.07, 6.45) is 3.06. The van der Waals surface area contributed by atoms with Crippen LogP contribution in [0.1, 0.15) is 12.6 Å². The highest BCUT2D eigenvalue weighted by molar-refractivity contribution is 5.83. The monoisotopic (exact) mass is 214 g/mol. The van der Waals surface area contributed by atoms with Crippen LogP contribution in [0.5, 0.6) is 0 Å². The van der Waals surface area contributed by atoms with Gasteiger partial charge in [-0.3, -0.25) is 9.78 Å². The molecule has 80 valence electrons. The van der Waals surface area contributed by atoms with Crippen molar-refractivity contribution in [2.45, 2.75) is 6.92 Å². The number of para-hydroxylation sites is 2. The van der Waals surface area contributed by atoms with Gasteiger partial charge in [0.05, 0.1) is 23.4 Å². The maximum atomic E-state index is 10.6. The molecular formula is C11H10N4O. The molecule has 0 fully saturated rings. The Bertz CT molecular complexity index is 550. The summed E-state index contributed by atoms with van der Waals surface area (Å²) in [7, 11) is 0. The van der Waals surface area contributed by atoms with Crippen LogP contribution in [0, 0.1) is 0 Å². The van der Waals surface area contributed by atoms with E-state index < -0.39 is 0 Å². The van der Waals surface area contributed by atoms with Gasteiger partial charge in [0, 0.05) is 6.92 Å². The minimum absolute atomic E-state index is 0.218. The second-order valence-electron chi connectivity index (χ2n) is 3.21. The minimum Gasteiger partial charge on any atom is -0.274 e. The van der Waals surface area contributed by atoms with Crippen LogP contribution in [-0.4, -0.2) is 22.1 Å². The van der Waals surface area contributed by atoms with Gasteiger partial charge in [-0.2, -0.15) is 5.10 Å². The second kappa shape index (κ2) is 4.48. The molecule has 0 spiro atoms. The first-order valence-corrected chi connectivity index (χ1v) is 4.77. The Morgan fingerprint density at radius 2 is 2.12 bits per heavy atom. The molecule has 1 aromatic heterocycles. The van der Waals surface area contributed by atoms with Gasteiger partial charge in [-0.1, -0.05) is 12.1 Å². The number of rotatable bonds is 2. The molecule has 16 heavy (non-hydrogen) atoms. The highest BCUT2D eigenvalue weighted by Gasteiger charge is 1.96. The predicted molar refractivity (Wildman–Crippen MR) is 60.9 cm³/mol. The number of hydrazone groups is 1. The first-order valence-electron chi connectivity index (χ1n) is 4.77. The van der Waals surface area contributed by atoms with Gasteiger partial charge >= 0.3 is 0 Å². The van der Waals surface area contributed by atoms with Crippen molar-refractivity contribution < 1.29 is 4.79 Å². The fourth-order valence-corrected chi connectivity index (χ4v) is 1.22. The molecule has 1 N–H and O–H groups in total. The van der Waals surface area contributed by atoms with Crippen LogP contribution in [0.4, 0.5) is 0 Å². The van der Waals surface area contributed by atoms with E-state index in [2.05, 4.69) is 20.5 Å². The van der Waals surface area contributed by atoms with E-state index in [0.717, 1.165) is 11.0 Å². The number of nitrogens with zero attached hydrogens (tertiary/aromatic N) is 3. The van der Waals surface area contributed by atoms with Gasteiger partial charge in [0.1, 0.15) is 5.69 Å². The zero-order chi connectivity index (χ0) is 11.4. The lowest BCUT2D eigenvalue weighted by atomic mass is 10.3. The van der Waals surface area contributed by atoms with Gasteiger partial charge in [0.15, 0.2) is 0 Å². The Kier molecular flexibility index (Phi) is 2.86. The van der Waals surface area contributed by atoms with Crippen LogP contribution in [0.2, 0.25) is 0 Å². The third-order valence-corrected chi connectivity index (χ3v) is 1.89. The Balaban J connectivity index is 2.26. The van der Waals surface area contributed by atoms with Crippen molar-refractivity contribution in [3.63, 3.8) is 0 Å². The summed E-state index contributed by atoms with van der Waals surface area (Å²) in [5.41, 5.74) is 4.54. The average Bonchev–Trinajstić information content (AvgIpc) is 2.28. The van der Waals surface area contributed by atoms with Gasteiger partial charge in [-0.15, -0.1) is 0 Å². The Morgan fingerprint density at radius 3 is 2.88 bits per heavy atom. The Hall–Kier alpha value is -2.30. The molecule has 0 unspecified atom stereocenters. The minimum atomic E-state index is -0.218. The van der Waals surface area contributed by atoms with Crippen LogP contribution in [0.15, 0.2) is 35.6 Å². The quantitative estimate of drug-likeness (QED) is 0.601. The van der Waals surface area contributed by atoms with Crippen LogP contribution in [-0.2, 0) is 4.79 Å². The number of carbonyl (C=O) groups excluding carboxylic acids is 1. The molecule has 0 saturated heterocycles. The largest absolute Gasteiger partial charge is 0.274 e. The average molecular weight is 214 g/mol. The summed E-state index contributed by atoms with van der Waals surface area (Å²) in [6.45, 7) is 1.39. The maximum Gasteiger partial charge on any atom is 0.236 e. The van der Waals surface area contributed by atoms with E-state index in [-0.39, 0.29) is 5.91 Å². The summed E-state index contributed by atoms with van der Waals surface area (Å²) in [5.74, 6) is -0.218. The molecule has 1 heterocycles. The van der Waals surface area contributed by atoms with Crippen molar-refractivity contribution in [1.29, 1.82) is 0 Å². The highest BCUT2D eigenvalue weighted by atomic mass is 16.2. The molecule has 0 aliphatic heterocycles. The summed E-state index contributed by atoms with van der Waals surface area (Å²) < 4.78 is 0. The topological polar surface area (TPSA) is 67.2 Å². The molecule has 0 saturated carbocycles. The molecule has 1 amide bonds. The summed E-state index contributed by atoms with van der Waals surface area (Å²) in [5, 5.41) is 3.72. The van der Waals surface area contributed by atoms with Crippen LogP contribution < -0.4 is 5.43 Å². The number of hydrogen-bond donors (Lipinski definition) is 1. The van der Waals surface area contributed by atoms with E-state index >= 15 is 0 Å². The number of carbonyl (C=O) groups is 1. The van der Waals surface area contributed by atoms with E-state index in [4.69, 9.17) is 0 Å². The van der Waals surface area contributed by atoms with Crippen LogP contribution in [0.25, 0.3) is 11.0 Å². The molecule has 5 nitrogen and oxygen atoms in total. The van der Waals surface area contributed by atoms with Crippen molar-refractivity contribution in [1.82, 2.24) is 15.4 Å². The van der Waals surface area contributed by atoms with Gasteiger partial charge < -0.3 is 0 Å². The number of aromatic nitrogens is 2. The van der Waals surface area contributed by atoms with Gasteiger partial charge in [0.25, 0.3) is 0 Å². The van der Waals surface area contributed by atoms with Gasteiger partial charge in [0.2, 0.25) is 5.91 Å². The summed E-state index contributed by atoms with van der Waals surface area (Å²) in [6, 6.07) is 7.56. The van der Waals surface area contributed by atoms with Crippen molar-refractivity contribution >= 4 is 23.2 Å². The fraction of sp³-hybridized carbons (Fsp3) is 0.0909. The molecule has 0 aliphatic rings. The lowest BCUT2D eigenvalue weighted by Gasteiger charge is -1.97. The lowest BCUT2D eigenvalue weighted by molar-refractivity contribution is -0.118. The lowest BCUT2D eigenvalue weighted by Crippen LogP contribution is -2.12. The molecule has 0 aliphatic carbocycles. The van der Waals surface area contributed by atoms with Crippen LogP contribution in [0.3, 0.4) is 0 Å². The van der Waals surface area contributed by atoms with Gasteiger partial charge in [-0.05, 0) is 12.1 Å². The first kappa shape index (κ1) is 10.2. The normalized spacial score (nSPS) is 10.8. The molecule has 1 aromatic carbocycles. The Labute approximate surface area is 92.2 Å². The molecular weight excluding hydrogens is 204 g/mol. The number of nitrogens with one attached hydrogen (secondary N) is 1. The third kappa shape index (κ3) is 2.38. The molecule has 2 aromatic rings. The summed E-state index contributed by atoms with van der Waals surface area (Å²) in [4.78, 5) is 19.1. The number of amides is 1. The summed E-state index contributed by atoms with van der Waals surface area (Å²) >= 11 is 0. The highest BCUT2D eigenvalue weighted by Crippen LogP contribution is 2.07. The van der Waals surface area contributed by atoms with E-state index in [9.17, 15) is 4.79 Å². The van der Waals surface area contributed by atoms with E-state index in [1.54, 1.807) is 6.20 Å². The van der Waals surface area contributed by atoms with Crippen molar-refractivity contribution in [3.8, 4) is 0 Å². The fourth-order valence-electron chi connectivity index (χ4n) is 1.22. The maximum absolute atomic E-state index is 10.6. The smallest absolute Gasteiger partial charge is 0.236 e. The van der Waals surface area contributed by atoms with E-state index in [1.165, 1.54) is 13.1 Å². The molecule has 0 radical (unpaired) electrons. The number of benzene rings is 1. The third-order valence-electron chi connectivity index (χ3n) is 1.89. The molecule has 0 bridgehead atoms. The molecule has 5 heteroatoms. The van der Waals surface area contributed by atoms with Crippen LogP contribution >= 0.6 is 0 Å². The zero-order valence-corrected chi connectivity index (χ0v) is 8.71.